The van der Waals surface area contributed by atoms with Crippen LogP contribution in [0.3, 0.4) is 0 Å². The number of halogens is 3. The second-order valence-corrected chi connectivity index (χ2v) is 6.10. The fourth-order valence-corrected chi connectivity index (χ4v) is 4.05. The molecule has 0 nitrogen and oxygen atoms in total. The summed E-state index contributed by atoms with van der Waals surface area (Å²) in [5, 5.41) is 0. The van der Waals surface area contributed by atoms with Crippen molar-refractivity contribution >= 4 is 11.6 Å². The summed E-state index contributed by atoms with van der Waals surface area (Å²) in [5.74, 6) is 0. The minimum absolute atomic E-state index is 0. The minimum atomic E-state index is 0. The Morgan fingerprint density at radius 3 is 1.95 bits per heavy atom. The Bertz CT molecular complexity index is 552. The molecule has 96 valence electrons. The summed E-state index contributed by atoms with van der Waals surface area (Å²) in [7, 11) is 0. The van der Waals surface area contributed by atoms with Gasteiger partial charge in [0, 0.05) is 0 Å². The van der Waals surface area contributed by atoms with Gasteiger partial charge in [0.1, 0.15) is 0 Å². The van der Waals surface area contributed by atoms with Gasteiger partial charge in [0.05, 0.1) is 0 Å². The van der Waals surface area contributed by atoms with Crippen LogP contribution >= 0.6 is 0 Å². The third kappa shape index (κ3) is 3.24. The molecule has 0 saturated carbocycles. The molecule has 3 rings (SSSR count). The van der Waals surface area contributed by atoms with Gasteiger partial charge < -0.3 is 14.1 Å². The number of hydrogen-bond acceptors (Lipinski definition) is 0. The van der Waals surface area contributed by atoms with Crippen molar-refractivity contribution in [1.29, 1.82) is 0 Å². The number of hydrogen-bond donors (Lipinski definition) is 0. The van der Waals surface area contributed by atoms with Crippen LogP contribution in [-0.2, 0) is 24.4 Å². The van der Waals surface area contributed by atoms with Crippen molar-refractivity contribution in [2.75, 3.05) is 0 Å². The van der Waals surface area contributed by atoms with Crippen LogP contribution in [0.15, 0.2) is 54.6 Å². The summed E-state index contributed by atoms with van der Waals surface area (Å²) in [6.45, 7) is 0. The zero-order chi connectivity index (χ0) is 11.0. The second kappa shape index (κ2) is 7.43. The number of allylic oxidation sites excluding steroid dienone is 1. The zero-order valence-corrected chi connectivity index (χ0v) is 13.6. The van der Waals surface area contributed by atoms with Gasteiger partial charge in [-0.05, 0) is 0 Å². The summed E-state index contributed by atoms with van der Waals surface area (Å²) in [5.41, 5.74) is 5.78. The van der Waals surface area contributed by atoms with Gasteiger partial charge in [0.2, 0.25) is 0 Å². The Kier molecular flexibility index (Phi) is 6.98. The molecule has 0 amide bonds. The SMILES string of the molecule is [F-].[F-].[F-].[Hf+3][CH]1C(c2ccccc2)=Cc2ccccc21. The molecule has 0 aliphatic heterocycles. The van der Waals surface area contributed by atoms with Gasteiger partial charge in [-0.15, -0.1) is 0 Å². The molecule has 0 N–H and O–H groups in total. The molecule has 0 heterocycles. The van der Waals surface area contributed by atoms with E-state index in [2.05, 4.69) is 60.7 Å². The topological polar surface area (TPSA) is 0 Å². The van der Waals surface area contributed by atoms with Gasteiger partial charge in [-0.1, -0.05) is 0 Å². The summed E-state index contributed by atoms with van der Waals surface area (Å²) >= 11 is 1.18. The van der Waals surface area contributed by atoms with Crippen molar-refractivity contribution in [2.45, 2.75) is 3.67 Å². The molecule has 2 aromatic rings. The van der Waals surface area contributed by atoms with Crippen LogP contribution in [0.5, 0.6) is 0 Å². The van der Waals surface area contributed by atoms with Crippen LogP contribution in [0.1, 0.15) is 20.4 Å². The van der Waals surface area contributed by atoms with Crippen molar-refractivity contribution in [1.82, 2.24) is 0 Å². The Balaban J connectivity index is 0.00000108. The van der Waals surface area contributed by atoms with Crippen LogP contribution in [0, 0.1) is 0 Å². The molecule has 0 saturated heterocycles. The first kappa shape index (κ1) is 17.8. The van der Waals surface area contributed by atoms with Gasteiger partial charge in [0.15, 0.2) is 0 Å². The third-order valence-electron chi connectivity index (χ3n) is 3.04. The molecule has 1 unspecified atom stereocenters. The summed E-state index contributed by atoms with van der Waals surface area (Å²) < 4.78 is 0.651. The quantitative estimate of drug-likeness (QED) is 0.400. The summed E-state index contributed by atoms with van der Waals surface area (Å²) in [6.07, 6.45) is 2.35. The van der Waals surface area contributed by atoms with Gasteiger partial charge in [-0.25, -0.2) is 0 Å². The molecule has 0 fully saturated rings. The Hall–Kier alpha value is -1.16. The van der Waals surface area contributed by atoms with Crippen LogP contribution in [0.25, 0.3) is 11.6 Å². The molecule has 0 bridgehead atoms. The molecular formula is C15H11F3Hf. The average Bonchev–Trinajstić information content (AvgIpc) is 2.69. The van der Waals surface area contributed by atoms with E-state index in [-0.39, 0.29) is 14.1 Å². The van der Waals surface area contributed by atoms with Crippen molar-refractivity contribution in [2.24, 2.45) is 0 Å². The van der Waals surface area contributed by atoms with Gasteiger partial charge in [0.25, 0.3) is 0 Å². The predicted molar refractivity (Wildman–Crippen MR) is 63.5 cm³/mol. The molecule has 19 heavy (non-hydrogen) atoms. The first-order valence-corrected chi connectivity index (χ1v) is 7.51. The molecular weight excluding hydrogens is 416 g/mol. The first-order valence-electron chi connectivity index (χ1n) is 5.43. The van der Waals surface area contributed by atoms with Crippen LogP contribution in [0.2, 0.25) is 0 Å². The monoisotopic (exact) mass is 428 g/mol. The van der Waals surface area contributed by atoms with Gasteiger partial charge in [-0.2, -0.15) is 0 Å². The zero-order valence-electron chi connectivity index (χ0n) is 9.98. The Morgan fingerprint density at radius 2 is 1.32 bits per heavy atom. The van der Waals surface area contributed by atoms with E-state index in [1.54, 1.807) is 0 Å². The van der Waals surface area contributed by atoms with E-state index >= 15 is 0 Å². The maximum atomic E-state index is 2.35. The molecule has 2 aromatic carbocycles. The number of benzene rings is 2. The van der Waals surface area contributed by atoms with Crippen LogP contribution in [-0.4, -0.2) is 0 Å². The summed E-state index contributed by atoms with van der Waals surface area (Å²) in [6, 6.07) is 19.5. The van der Waals surface area contributed by atoms with E-state index < -0.39 is 0 Å². The Morgan fingerprint density at radius 1 is 0.737 bits per heavy atom. The number of rotatable bonds is 1. The molecule has 4 heteroatoms. The van der Waals surface area contributed by atoms with Crippen LogP contribution in [0.4, 0.5) is 0 Å². The van der Waals surface area contributed by atoms with E-state index in [1.165, 1.54) is 46.6 Å². The standard InChI is InChI=1S/C15H11.3FH.Hf/c1-2-6-12(7-3-1)15-10-13-8-4-5-9-14(13)11-15;;;;/h1-11H;3*1H;/q;;;;+3/p-3. The molecule has 1 aliphatic rings. The second-order valence-electron chi connectivity index (χ2n) is 4.03. The van der Waals surface area contributed by atoms with E-state index in [9.17, 15) is 0 Å². The molecule has 1 aliphatic carbocycles. The first-order chi connectivity index (χ1) is 7.86. The van der Waals surface area contributed by atoms with Crippen molar-refractivity contribution in [3.8, 4) is 0 Å². The van der Waals surface area contributed by atoms with E-state index in [0.717, 1.165) is 0 Å². The van der Waals surface area contributed by atoms with Crippen LogP contribution < -0.4 is 14.1 Å². The van der Waals surface area contributed by atoms with Gasteiger partial charge in [-0.3, -0.25) is 0 Å². The normalized spacial score (nSPS) is 15.3. The van der Waals surface area contributed by atoms with E-state index in [1.807, 2.05) is 0 Å². The van der Waals surface area contributed by atoms with E-state index in [0.29, 0.717) is 3.67 Å². The molecule has 1 atom stereocenters. The summed E-state index contributed by atoms with van der Waals surface area (Å²) in [4.78, 5) is 0. The average molecular weight is 427 g/mol. The third-order valence-corrected chi connectivity index (χ3v) is 5.27. The van der Waals surface area contributed by atoms with Crippen molar-refractivity contribution < 1.29 is 38.5 Å². The Labute approximate surface area is 125 Å². The number of fused-ring (bicyclic) bond motifs is 1. The predicted octanol–water partition coefficient (Wildman–Crippen LogP) is -5.16. The maximum absolute atomic E-state index is 2.35. The van der Waals surface area contributed by atoms with Crippen molar-refractivity contribution in [3.05, 3.63) is 71.3 Å². The molecule has 0 aromatic heterocycles. The fraction of sp³-hybridized carbons (Fsp3) is 0.0667. The van der Waals surface area contributed by atoms with E-state index in [4.69, 9.17) is 0 Å². The van der Waals surface area contributed by atoms with Gasteiger partial charge >= 0.3 is 111 Å². The fourth-order valence-electron chi connectivity index (χ4n) is 2.20. The molecule has 0 spiro atoms. The molecule has 0 radical (unpaired) electrons. The van der Waals surface area contributed by atoms with Crippen molar-refractivity contribution in [3.63, 3.8) is 0 Å².